The van der Waals surface area contributed by atoms with Crippen LogP contribution in [0.3, 0.4) is 0 Å². The Labute approximate surface area is 201 Å². The van der Waals surface area contributed by atoms with E-state index in [1.807, 2.05) is 24.3 Å². The normalized spacial score (nSPS) is 12.7. The number of carbonyl (C=O) groups is 1. The van der Waals surface area contributed by atoms with Gasteiger partial charge in [-0.15, -0.1) is 0 Å². The Morgan fingerprint density at radius 3 is 2.06 bits per heavy atom. The third-order valence-corrected chi connectivity index (χ3v) is 6.20. The topological polar surface area (TPSA) is 55.8 Å². The van der Waals surface area contributed by atoms with Gasteiger partial charge in [0.1, 0.15) is 12.4 Å². The summed E-state index contributed by atoms with van der Waals surface area (Å²) in [6.07, 6.45) is 5.93. The molecule has 4 heteroatoms. The molecule has 4 nitrogen and oxygen atoms in total. The number of carboxylic acid groups (broad SMARTS) is 1. The Hall–Kier alpha value is -3.37. The number of aliphatic carboxylic acids is 1. The first-order chi connectivity index (χ1) is 16.7. The van der Waals surface area contributed by atoms with Crippen molar-refractivity contribution in [3.63, 3.8) is 0 Å². The molecule has 1 unspecified atom stereocenters. The zero-order valence-electron chi connectivity index (χ0n) is 19.7. The van der Waals surface area contributed by atoms with E-state index in [0.29, 0.717) is 19.6 Å². The second-order valence-electron chi connectivity index (χ2n) is 8.63. The van der Waals surface area contributed by atoms with Gasteiger partial charge in [-0.05, 0) is 58.0 Å². The molecule has 4 rings (SSSR count). The Bertz CT molecular complexity index is 1080. The standard InChI is InChI=1S/C30H32O4/c1-2-3-4-9-19-34-29(30(31)32)21-22-14-16-23(17-15-22)33-20-18-28-26-12-7-5-10-24(26)25-11-6-8-13-27(25)28/h5-8,10-18,29H,2-4,9,19-21H2,1H3,(H,31,32). The van der Waals surface area contributed by atoms with Gasteiger partial charge in [0.15, 0.2) is 6.10 Å². The van der Waals surface area contributed by atoms with Crippen LogP contribution in [0.5, 0.6) is 5.75 Å². The highest BCUT2D eigenvalue weighted by molar-refractivity contribution is 6.01. The first kappa shape index (κ1) is 23.8. The minimum atomic E-state index is -0.917. The van der Waals surface area contributed by atoms with E-state index in [9.17, 15) is 9.90 Å². The SMILES string of the molecule is CCCCCCOC(Cc1ccc(OCC=C2c3ccccc3-c3ccccc32)cc1)C(=O)O. The van der Waals surface area contributed by atoms with Gasteiger partial charge in [0.25, 0.3) is 0 Å². The van der Waals surface area contributed by atoms with Crippen molar-refractivity contribution in [2.24, 2.45) is 0 Å². The summed E-state index contributed by atoms with van der Waals surface area (Å²) < 4.78 is 11.6. The van der Waals surface area contributed by atoms with Crippen molar-refractivity contribution in [3.8, 4) is 16.9 Å². The number of carboxylic acids is 1. The van der Waals surface area contributed by atoms with Gasteiger partial charge in [0.2, 0.25) is 0 Å². The molecule has 0 fully saturated rings. The maximum absolute atomic E-state index is 11.6. The van der Waals surface area contributed by atoms with Crippen LogP contribution in [0.25, 0.3) is 16.7 Å². The lowest BCUT2D eigenvalue weighted by molar-refractivity contribution is -0.150. The molecule has 0 spiro atoms. The van der Waals surface area contributed by atoms with Crippen LogP contribution in [0.2, 0.25) is 0 Å². The van der Waals surface area contributed by atoms with Gasteiger partial charge in [-0.3, -0.25) is 0 Å². The molecule has 3 aromatic rings. The van der Waals surface area contributed by atoms with Crippen molar-refractivity contribution in [2.45, 2.75) is 45.1 Å². The van der Waals surface area contributed by atoms with Crippen molar-refractivity contribution in [2.75, 3.05) is 13.2 Å². The van der Waals surface area contributed by atoms with Gasteiger partial charge >= 0.3 is 5.97 Å². The molecule has 0 amide bonds. The molecule has 0 saturated carbocycles. The predicted octanol–water partition coefficient (Wildman–Crippen LogP) is 6.77. The van der Waals surface area contributed by atoms with Crippen molar-refractivity contribution in [3.05, 3.63) is 95.6 Å². The van der Waals surface area contributed by atoms with E-state index in [-0.39, 0.29) is 0 Å². The first-order valence-electron chi connectivity index (χ1n) is 12.1. The monoisotopic (exact) mass is 456 g/mol. The number of fused-ring (bicyclic) bond motifs is 3. The molecule has 176 valence electrons. The lowest BCUT2D eigenvalue weighted by atomic mass is 10.0. The van der Waals surface area contributed by atoms with E-state index in [2.05, 4.69) is 61.5 Å². The molecule has 0 aromatic heterocycles. The summed E-state index contributed by atoms with van der Waals surface area (Å²) in [5, 5.41) is 9.50. The largest absolute Gasteiger partial charge is 0.490 e. The number of hydrogen-bond donors (Lipinski definition) is 1. The molecule has 3 aromatic carbocycles. The maximum Gasteiger partial charge on any atom is 0.333 e. The van der Waals surface area contributed by atoms with Gasteiger partial charge in [-0.2, -0.15) is 0 Å². The summed E-state index contributed by atoms with van der Waals surface area (Å²) in [4.78, 5) is 11.6. The van der Waals surface area contributed by atoms with E-state index in [0.717, 1.165) is 37.0 Å². The molecule has 0 bridgehead atoms. The molecule has 0 radical (unpaired) electrons. The summed E-state index contributed by atoms with van der Waals surface area (Å²) in [7, 11) is 0. The smallest absolute Gasteiger partial charge is 0.333 e. The summed E-state index contributed by atoms with van der Waals surface area (Å²) in [5.74, 6) is -0.160. The lowest BCUT2D eigenvalue weighted by Crippen LogP contribution is -2.26. The van der Waals surface area contributed by atoms with E-state index in [1.54, 1.807) is 0 Å². The van der Waals surface area contributed by atoms with Gasteiger partial charge in [0.05, 0.1) is 0 Å². The molecule has 1 atom stereocenters. The first-order valence-corrected chi connectivity index (χ1v) is 12.1. The zero-order chi connectivity index (χ0) is 23.8. The van der Waals surface area contributed by atoms with Crippen LogP contribution in [0.15, 0.2) is 78.9 Å². The molecule has 0 saturated heterocycles. The number of rotatable bonds is 12. The van der Waals surface area contributed by atoms with Gasteiger partial charge < -0.3 is 14.6 Å². The van der Waals surface area contributed by atoms with Crippen LogP contribution in [0.1, 0.15) is 49.3 Å². The molecule has 1 N–H and O–H groups in total. The average molecular weight is 457 g/mol. The number of unbranched alkanes of at least 4 members (excludes halogenated alkanes) is 3. The number of ether oxygens (including phenoxy) is 2. The summed E-state index contributed by atoms with van der Waals surface area (Å²) in [6.45, 7) is 3.09. The highest BCUT2D eigenvalue weighted by atomic mass is 16.5. The van der Waals surface area contributed by atoms with Crippen LogP contribution in [-0.2, 0) is 16.0 Å². The fourth-order valence-electron chi connectivity index (χ4n) is 4.40. The molecular formula is C30H32O4. The van der Waals surface area contributed by atoms with Crippen molar-refractivity contribution in [1.82, 2.24) is 0 Å². The van der Waals surface area contributed by atoms with Crippen molar-refractivity contribution >= 4 is 11.5 Å². The van der Waals surface area contributed by atoms with Crippen LogP contribution >= 0.6 is 0 Å². The Balaban J connectivity index is 1.34. The Morgan fingerprint density at radius 1 is 0.853 bits per heavy atom. The van der Waals surface area contributed by atoms with E-state index in [1.165, 1.54) is 27.8 Å². The van der Waals surface area contributed by atoms with Gasteiger partial charge in [-0.1, -0.05) is 86.8 Å². The summed E-state index contributed by atoms with van der Waals surface area (Å²) in [6, 6.07) is 24.5. The highest BCUT2D eigenvalue weighted by Gasteiger charge is 2.22. The molecule has 0 heterocycles. The predicted molar refractivity (Wildman–Crippen MR) is 136 cm³/mol. The summed E-state index contributed by atoms with van der Waals surface area (Å²) in [5.41, 5.74) is 7.10. The number of benzene rings is 3. The van der Waals surface area contributed by atoms with Gasteiger partial charge in [-0.25, -0.2) is 4.79 Å². The lowest BCUT2D eigenvalue weighted by Gasteiger charge is -2.14. The molecule has 34 heavy (non-hydrogen) atoms. The Kier molecular flexibility index (Phi) is 8.16. The van der Waals surface area contributed by atoms with Crippen LogP contribution in [0, 0.1) is 0 Å². The molecule has 0 aliphatic heterocycles. The minimum Gasteiger partial charge on any atom is -0.490 e. The zero-order valence-corrected chi connectivity index (χ0v) is 19.7. The second-order valence-corrected chi connectivity index (χ2v) is 8.63. The van der Waals surface area contributed by atoms with E-state index >= 15 is 0 Å². The van der Waals surface area contributed by atoms with Crippen molar-refractivity contribution < 1.29 is 19.4 Å². The maximum atomic E-state index is 11.6. The second kappa shape index (κ2) is 11.7. The third-order valence-electron chi connectivity index (χ3n) is 6.20. The quantitative estimate of drug-likeness (QED) is 0.239. The molecule has 1 aliphatic carbocycles. The highest BCUT2D eigenvalue weighted by Crippen LogP contribution is 2.43. The fraction of sp³-hybridized carbons (Fsp3) is 0.300. The fourth-order valence-corrected chi connectivity index (χ4v) is 4.40. The molecule has 1 aliphatic rings. The van der Waals surface area contributed by atoms with E-state index < -0.39 is 12.1 Å². The molecular weight excluding hydrogens is 424 g/mol. The summed E-state index contributed by atoms with van der Waals surface area (Å²) >= 11 is 0. The third kappa shape index (κ3) is 5.75. The number of hydrogen-bond acceptors (Lipinski definition) is 3. The van der Waals surface area contributed by atoms with Gasteiger partial charge in [0, 0.05) is 13.0 Å². The van der Waals surface area contributed by atoms with E-state index in [4.69, 9.17) is 9.47 Å². The average Bonchev–Trinajstić information content (AvgIpc) is 3.18. The van der Waals surface area contributed by atoms with Crippen LogP contribution in [0.4, 0.5) is 0 Å². The van der Waals surface area contributed by atoms with Crippen molar-refractivity contribution in [1.29, 1.82) is 0 Å². The van der Waals surface area contributed by atoms with Crippen LogP contribution < -0.4 is 4.74 Å². The Morgan fingerprint density at radius 2 is 1.47 bits per heavy atom. The van der Waals surface area contributed by atoms with Crippen LogP contribution in [-0.4, -0.2) is 30.4 Å². The minimum absolute atomic E-state index is 0.348.